The van der Waals surface area contributed by atoms with Gasteiger partial charge in [0.1, 0.15) is 18.7 Å². The van der Waals surface area contributed by atoms with Gasteiger partial charge in [0.2, 0.25) is 0 Å². The zero-order valence-corrected chi connectivity index (χ0v) is 8.16. The Morgan fingerprint density at radius 2 is 2.12 bits per heavy atom. The number of hydrogen-bond acceptors (Lipinski definition) is 6. The molecule has 0 radical (unpaired) electrons. The van der Waals surface area contributed by atoms with E-state index in [1.54, 1.807) is 0 Å². The predicted octanol–water partition coefficient (Wildman–Crippen LogP) is -2.36. The molecular weight excluding hydrogens is 222 g/mol. The van der Waals surface area contributed by atoms with Gasteiger partial charge in [-0.25, -0.2) is 14.7 Å². The number of carbonyl (C=O) groups excluding carboxylic acids is 2. The lowest BCUT2D eigenvalue weighted by Crippen LogP contribution is -2.70. The summed E-state index contributed by atoms with van der Waals surface area (Å²) >= 11 is 0. The molecule has 16 heavy (non-hydrogen) atoms. The molecule has 0 aromatic rings. The number of aliphatic carboxylic acids is 1. The number of hydroxylamine groups is 2. The highest BCUT2D eigenvalue weighted by atomic mass is 16.7. The SMILES string of the molecule is NC(=O)OC[C@@H]1[C@H](N)C(=O)N1OCC(=O)O. The van der Waals surface area contributed by atoms with Crippen LogP contribution >= 0.6 is 0 Å². The summed E-state index contributed by atoms with van der Waals surface area (Å²) in [4.78, 5) is 36.3. The quantitative estimate of drug-likeness (QED) is 0.450. The lowest BCUT2D eigenvalue weighted by atomic mass is 10.0. The van der Waals surface area contributed by atoms with E-state index in [0.717, 1.165) is 5.06 Å². The maximum atomic E-state index is 11.1. The van der Waals surface area contributed by atoms with Crippen molar-refractivity contribution >= 4 is 18.0 Å². The summed E-state index contributed by atoms with van der Waals surface area (Å²) in [5.74, 6) is -1.80. The van der Waals surface area contributed by atoms with E-state index in [4.69, 9.17) is 16.6 Å². The standard InChI is InChI=1S/C7H11N3O6/c8-5-3(1-15-7(9)14)10(6(5)13)16-2-4(11)12/h3,5H,1-2,8H2,(H2,9,14)(H,11,12)/t3-,5+/m1/s1. The van der Waals surface area contributed by atoms with Crippen LogP contribution in [0.25, 0.3) is 0 Å². The molecule has 1 fully saturated rings. The smallest absolute Gasteiger partial charge is 0.404 e. The van der Waals surface area contributed by atoms with Crippen molar-refractivity contribution in [3.63, 3.8) is 0 Å². The number of rotatable bonds is 5. The van der Waals surface area contributed by atoms with Gasteiger partial charge in [0.25, 0.3) is 5.91 Å². The third-order valence-corrected chi connectivity index (χ3v) is 1.94. The van der Waals surface area contributed by atoms with Crippen molar-refractivity contribution in [1.29, 1.82) is 0 Å². The van der Waals surface area contributed by atoms with Gasteiger partial charge >= 0.3 is 12.1 Å². The van der Waals surface area contributed by atoms with E-state index in [2.05, 4.69) is 9.57 Å². The van der Waals surface area contributed by atoms with Crippen LogP contribution in [0, 0.1) is 0 Å². The van der Waals surface area contributed by atoms with Gasteiger partial charge in [-0.05, 0) is 0 Å². The summed E-state index contributed by atoms with van der Waals surface area (Å²) < 4.78 is 4.44. The normalized spacial score (nSPS) is 23.8. The number of carboxylic acids is 1. The second-order valence-electron chi connectivity index (χ2n) is 3.05. The average molecular weight is 233 g/mol. The first-order valence-corrected chi connectivity index (χ1v) is 4.29. The number of carbonyl (C=O) groups is 3. The molecule has 1 aliphatic heterocycles. The second kappa shape index (κ2) is 4.77. The number of nitrogens with zero attached hydrogens (tertiary/aromatic N) is 1. The molecule has 2 atom stereocenters. The highest BCUT2D eigenvalue weighted by Gasteiger charge is 2.47. The minimum Gasteiger partial charge on any atom is -0.479 e. The van der Waals surface area contributed by atoms with E-state index in [0.29, 0.717) is 0 Å². The van der Waals surface area contributed by atoms with Crippen LogP contribution in [0.1, 0.15) is 0 Å². The maximum Gasteiger partial charge on any atom is 0.404 e. The average Bonchev–Trinajstić information content (AvgIpc) is 2.20. The Labute approximate surface area is 89.8 Å². The molecule has 0 spiro atoms. The Morgan fingerprint density at radius 1 is 1.50 bits per heavy atom. The molecule has 9 heteroatoms. The van der Waals surface area contributed by atoms with Gasteiger partial charge in [-0.3, -0.25) is 9.63 Å². The van der Waals surface area contributed by atoms with Crippen LogP contribution in [0.15, 0.2) is 0 Å². The fourth-order valence-electron chi connectivity index (χ4n) is 1.16. The van der Waals surface area contributed by atoms with Crippen LogP contribution in [0.5, 0.6) is 0 Å². The summed E-state index contributed by atoms with van der Waals surface area (Å²) in [7, 11) is 0. The minimum absolute atomic E-state index is 0.234. The number of amides is 2. The van der Waals surface area contributed by atoms with Crippen molar-refractivity contribution in [3.05, 3.63) is 0 Å². The molecule has 0 aliphatic carbocycles. The van der Waals surface area contributed by atoms with Gasteiger partial charge in [-0.1, -0.05) is 0 Å². The second-order valence-corrected chi connectivity index (χ2v) is 3.05. The van der Waals surface area contributed by atoms with Crippen molar-refractivity contribution < 1.29 is 29.1 Å². The van der Waals surface area contributed by atoms with Gasteiger partial charge in [0, 0.05) is 0 Å². The van der Waals surface area contributed by atoms with E-state index in [1.807, 2.05) is 0 Å². The molecule has 1 aliphatic rings. The molecule has 5 N–H and O–H groups in total. The maximum absolute atomic E-state index is 11.1. The number of primary amides is 1. The van der Waals surface area contributed by atoms with E-state index in [1.165, 1.54) is 0 Å². The molecule has 0 unspecified atom stereocenters. The zero-order valence-electron chi connectivity index (χ0n) is 8.16. The van der Waals surface area contributed by atoms with Crippen molar-refractivity contribution in [2.24, 2.45) is 11.5 Å². The highest BCUT2D eigenvalue weighted by Crippen LogP contribution is 2.18. The molecule has 9 nitrogen and oxygen atoms in total. The zero-order chi connectivity index (χ0) is 12.3. The van der Waals surface area contributed by atoms with E-state index in [-0.39, 0.29) is 6.61 Å². The van der Waals surface area contributed by atoms with Gasteiger partial charge in [0.15, 0.2) is 6.61 Å². The monoisotopic (exact) mass is 233 g/mol. The van der Waals surface area contributed by atoms with Crippen LogP contribution in [0.4, 0.5) is 4.79 Å². The Morgan fingerprint density at radius 3 is 2.62 bits per heavy atom. The topological polar surface area (TPSA) is 145 Å². The van der Waals surface area contributed by atoms with Gasteiger partial charge in [-0.15, -0.1) is 0 Å². The lowest BCUT2D eigenvalue weighted by Gasteiger charge is -2.42. The molecule has 0 aromatic carbocycles. The Kier molecular flexibility index (Phi) is 3.64. The molecule has 90 valence electrons. The number of nitrogens with two attached hydrogens (primary N) is 2. The molecule has 0 aromatic heterocycles. The minimum atomic E-state index is -1.23. The van der Waals surface area contributed by atoms with Crippen molar-refractivity contribution in [2.45, 2.75) is 12.1 Å². The van der Waals surface area contributed by atoms with Gasteiger partial charge < -0.3 is 21.3 Å². The third kappa shape index (κ3) is 2.58. The van der Waals surface area contributed by atoms with Crippen molar-refractivity contribution in [1.82, 2.24) is 5.06 Å². The van der Waals surface area contributed by atoms with Gasteiger partial charge in [-0.2, -0.15) is 0 Å². The first-order valence-electron chi connectivity index (χ1n) is 4.29. The molecule has 0 bridgehead atoms. The first-order chi connectivity index (χ1) is 7.43. The summed E-state index contributed by atoms with van der Waals surface area (Å²) in [5.41, 5.74) is 10.1. The molecule has 1 saturated heterocycles. The van der Waals surface area contributed by atoms with Crippen molar-refractivity contribution in [2.75, 3.05) is 13.2 Å². The van der Waals surface area contributed by atoms with E-state index in [9.17, 15) is 14.4 Å². The summed E-state index contributed by atoms with van der Waals surface area (Å²) in [6, 6.07) is -1.59. The fourth-order valence-corrected chi connectivity index (χ4v) is 1.16. The highest BCUT2D eigenvalue weighted by molar-refractivity contribution is 5.88. The first kappa shape index (κ1) is 12.2. The Bertz CT molecular complexity index is 319. The summed E-state index contributed by atoms with van der Waals surface area (Å²) in [6.07, 6.45) is -1.01. The van der Waals surface area contributed by atoms with E-state index < -0.39 is 36.7 Å². The van der Waals surface area contributed by atoms with Gasteiger partial charge in [0.05, 0.1) is 0 Å². The Hall–Kier alpha value is -1.87. The molecule has 2 amide bonds. The summed E-state index contributed by atoms with van der Waals surface area (Å²) in [6.45, 7) is -0.909. The summed E-state index contributed by atoms with van der Waals surface area (Å²) in [5, 5.41) is 9.10. The largest absolute Gasteiger partial charge is 0.479 e. The third-order valence-electron chi connectivity index (χ3n) is 1.94. The predicted molar refractivity (Wildman–Crippen MR) is 47.7 cm³/mol. The molecule has 0 saturated carbocycles. The van der Waals surface area contributed by atoms with Crippen LogP contribution in [-0.2, 0) is 19.2 Å². The van der Waals surface area contributed by atoms with Crippen molar-refractivity contribution in [3.8, 4) is 0 Å². The molecule has 1 heterocycles. The molecule has 1 rings (SSSR count). The number of β-lactam (4-membered cyclic amide) rings is 1. The fraction of sp³-hybridized carbons (Fsp3) is 0.571. The van der Waals surface area contributed by atoms with Crippen LogP contribution < -0.4 is 11.5 Å². The van der Waals surface area contributed by atoms with Crippen LogP contribution in [0.2, 0.25) is 0 Å². The number of carboxylic acid groups (broad SMARTS) is 1. The van der Waals surface area contributed by atoms with Crippen LogP contribution in [0.3, 0.4) is 0 Å². The Balaban J connectivity index is 2.44. The number of ether oxygens (including phenoxy) is 1. The number of hydrogen-bond donors (Lipinski definition) is 3. The van der Waals surface area contributed by atoms with E-state index >= 15 is 0 Å². The lowest BCUT2D eigenvalue weighted by molar-refractivity contribution is -0.237. The molecular formula is C7H11N3O6. The van der Waals surface area contributed by atoms with Crippen LogP contribution in [-0.4, -0.2) is 53.4 Å².